The van der Waals surface area contributed by atoms with E-state index >= 15 is 0 Å². The standard InChI is InChI=1S/C11H19N3O2/c1-4-5-9(15)14-10(8(2)3)11(16)13-7-6-12/h8,10H,4-5,7H2,1-3H3,(H,13,16)(H,14,15). The van der Waals surface area contributed by atoms with Gasteiger partial charge in [0.1, 0.15) is 12.6 Å². The molecular weight excluding hydrogens is 206 g/mol. The summed E-state index contributed by atoms with van der Waals surface area (Å²) in [6, 6.07) is 1.26. The highest BCUT2D eigenvalue weighted by Gasteiger charge is 2.23. The number of amides is 2. The van der Waals surface area contributed by atoms with Crippen molar-refractivity contribution in [3.8, 4) is 6.07 Å². The number of rotatable bonds is 6. The maximum atomic E-state index is 11.6. The van der Waals surface area contributed by atoms with Crippen LogP contribution in [0, 0.1) is 17.2 Å². The number of nitrogens with zero attached hydrogens (tertiary/aromatic N) is 1. The predicted molar refractivity (Wildman–Crippen MR) is 60.3 cm³/mol. The molecule has 0 radical (unpaired) electrons. The molecule has 16 heavy (non-hydrogen) atoms. The SMILES string of the molecule is CCCC(=O)NC(C(=O)NCC#N)C(C)C. The zero-order chi connectivity index (χ0) is 12.6. The van der Waals surface area contributed by atoms with E-state index < -0.39 is 6.04 Å². The second-order valence-electron chi connectivity index (χ2n) is 3.92. The summed E-state index contributed by atoms with van der Waals surface area (Å²) in [4.78, 5) is 23.0. The van der Waals surface area contributed by atoms with Crippen molar-refractivity contribution in [3.63, 3.8) is 0 Å². The number of nitriles is 1. The van der Waals surface area contributed by atoms with E-state index in [9.17, 15) is 9.59 Å². The predicted octanol–water partition coefficient (Wildman–Crippen LogP) is 0.567. The van der Waals surface area contributed by atoms with Crippen LogP contribution >= 0.6 is 0 Å². The fraction of sp³-hybridized carbons (Fsp3) is 0.727. The molecule has 0 aromatic rings. The highest BCUT2D eigenvalue weighted by atomic mass is 16.2. The molecule has 0 spiro atoms. The van der Waals surface area contributed by atoms with Gasteiger partial charge >= 0.3 is 0 Å². The molecule has 0 aliphatic heterocycles. The summed E-state index contributed by atoms with van der Waals surface area (Å²) < 4.78 is 0. The zero-order valence-electron chi connectivity index (χ0n) is 10.0. The fourth-order valence-corrected chi connectivity index (χ4v) is 1.24. The average Bonchev–Trinajstić information content (AvgIpc) is 2.22. The molecule has 5 heteroatoms. The van der Waals surface area contributed by atoms with Crippen LogP contribution < -0.4 is 10.6 Å². The molecule has 0 fully saturated rings. The second kappa shape index (κ2) is 7.69. The Hall–Kier alpha value is -1.57. The van der Waals surface area contributed by atoms with E-state index in [0.717, 1.165) is 6.42 Å². The topological polar surface area (TPSA) is 82.0 Å². The second-order valence-corrected chi connectivity index (χ2v) is 3.92. The minimum absolute atomic E-state index is 0.000464. The average molecular weight is 225 g/mol. The quantitative estimate of drug-likeness (QED) is 0.648. The molecule has 0 saturated carbocycles. The van der Waals surface area contributed by atoms with Gasteiger partial charge in [-0.1, -0.05) is 20.8 Å². The lowest BCUT2D eigenvalue weighted by Crippen LogP contribution is -2.49. The molecule has 0 heterocycles. The van der Waals surface area contributed by atoms with Gasteiger partial charge in [-0.05, 0) is 12.3 Å². The number of carbonyl (C=O) groups excluding carboxylic acids is 2. The molecule has 0 rings (SSSR count). The smallest absolute Gasteiger partial charge is 0.243 e. The molecule has 0 aliphatic carbocycles. The van der Waals surface area contributed by atoms with E-state index in [0.29, 0.717) is 6.42 Å². The van der Waals surface area contributed by atoms with Gasteiger partial charge in [0.2, 0.25) is 11.8 Å². The molecule has 5 nitrogen and oxygen atoms in total. The van der Waals surface area contributed by atoms with Crippen molar-refractivity contribution in [1.82, 2.24) is 10.6 Å². The van der Waals surface area contributed by atoms with Gasteiger partial charge in [-0.25, -0.2) is 0 Å². The number of carbonyl (C=O) groups is 2. The van der Waals surface area contributed by atoms with Gasteiger partial charge in [-0.2, -0.15) is 5.26 Å². The van der Waals surface area contributed by atoms with Crippen molar-refractivity contribution >= 4 is 11.8 Å². The van der Waals surface area contributed by atoms with Crippen molar-refractivity contribution in [3.05, 3.63) is 0 Å². The molecule has 90 valence electrons. The normalized spacial score (nSPS) is 11.7. The van der Waals surface area contributed by atoms with Crippen LogP contribution in [-0.4, -0.2) is 24.4 Å². The third kappa shape index (κ3) is 5.35. The van der Waals surface area contributed by atoms with Gasteiger partial charge in [-0.15, -0.1) is 0 Å². The van der Waals surface area contributed by atoms with Crippen LogP contribution in [0.5, 0.6) is 0 Å². The maximum absolute atomic E-state index is 11.6. The van der Waals surface area contributed by atoms with Gasteiger partial charge < -0.3 is 10.6 Å². The summed E-state index contributed by atoms with van der Waals surface area (Å²) in [5.41, 5.74) is 0. The fourth-order valence-electron chi connectivity index (χ4n) is 1.24. The highest BCUT2D eigenvalue weighted by molar-refractivity contribution is 5.87. The third-order valence-electron chi connectivity index (χ3n) is 2.08. The van der Waals surface area contributed by atoms with Crippen LogP contribution in [0.15, 0.2) is 0 Å². The first kappa shape index (κ1) is 14.4. The lowest BCUT2D eigenvalue weighted by atomic mass is 10.0. The number of hydrogen-bond acceptors (Lipinski definition) is 3. The Morgan fingerprint density at radius 3 is 2.44 bits per heavy atom. The first-order valence-corrected chi connectivity index (χ1v) is 5.47. The Labute approximate surface area is 96.2 Å². The molecule has 1 atom stereocenters. The first-order chi connectivity index (χ1) is 7.52. The molecule has 0 bridgehead atoms. The van der Waals surface area contributed by atoms with E-state index in [4.69, 9.17) is 5.26 Å². The van der Waals surface area contributed by atoms with Crippen LogP contribution in [0.3, 0.4) is 0 Å². The molecule has 2 amide bonds. The van der Waals surface area contributed by atoms with E-state index in [1.165, 1.54) is 0 Å². The summed E-state index contributed by atoms with van der Waals surface area (Å²) in [5, 5.41) is 13.5. The van der Waals surface area contributed by atoms with Crippen LogP contribution in [0.2, 0.25) is 0 Å². The largest absolute Gasteiger partial charge is 0.344 e. The van der Waals surface area contributed by atoms with Gasteiger partial charge in [0, 0.05) is 6.42 Å². The van der Waals surface area contributed by atoms with Gasteiger partial charge in [0.25, 0.3) is 0 Å². The van der Waals surface area contributed by atoms with Crippen LogP contribution in [-0.2, 0) is 9.59 Å². The first-order valence-electron chi connectivity index (χ1n) is 5.47. The van der Waals surface area contributed by atoms with E-state index in [1.54, 1.807) is 0 Å². The van der Waals surface area contributed by atoms with Crippen molar-refractivity contribution < 1.29 is 9.59 Å². The molecule has 2 N–H and O–H groups in total. The van der Waals surface area contributed by atoms with Crippen molar-refractivity contribution in [2.75, 3.05) is 6.54 Å². The van der Waals surface area contributed by atoms with Gasteiger partial charge in [0.05, 0.1) is 6.07 Å². The lowest BCUT2D eigenvalue weighted by Gasteiger charge is -2.20. The van der Waals surface area contributed by atoms with E-state index in [2.05, 4.69) is 10.6 Å². The summed E-state index contributed by atoms with van der Waals surface area (Å²) in [7, 11) is 0. The molecule has 0 saturated heterocycles. The number of hydrogen-bond donors (Lipinski definition) is 2. The van der Waals surface area contributed by atoms with Crippen molar-refractivity contribution in [2.45, 2.75) is 39.7 Å². The van der Waals surface area contributed by atoms with Gasteiger partial charge in [0.15, 0.2) is 0 Å². The molecular formula is C11H19N3O2. The monoisotopic (exact) mass is 225 g/mol. The summed E-state index contributed by atoms with van der Waals surface area (Å²) in [6.45, 7) is 5.57. The summed E-state index contributed by atoms with van der Waals surface area (Å²) >= 11 is 0. The lowest BCUT2D eigenvalue weighted by molar-refractivity contribution is -0.129. The Morgan fingerprint density at radius 2 is 2.00 bits per heavy atom. The molecule has 0 aromatic heterocycles. The minimum Gasteiger partial charge on any atom is -0.344 e. The van der Waals surface area contributed by atoms with Crippen molar-refractivity contribution in [2.24, 2.45) is 5.92 Å². The summed E-state index contributed by atoms with van der Waals surface area (Å²) in [5.74, 6) is -0.436. The van der Waals surface area contributed by atoms with E-state index in [1.807, 2.05) is 26.8 Å². The van der Waals surface area contributed by atoms with E-state index in [-0.39, 0.29) is 24.3 Å². The van der Waals surface area contributed by atoms with Crippen LogP contribution in [0.1, 0.15) is 33.6 Å². The molecule has 0 aliphatic rings. The Kier molecular flexibility index (Phi) is 6.93. The number of nitrogens with one attached hydrogen (secondary N) is 2. The summed E-state index contributed by atoms with van der Waals surface area (Å²) in [6.07, 6.45) is 1.16. The minimum atomic E-state index is -0.563. The maximum Gasteiger partial charge on any atom is 0.243 e. The highest BCUT2D eigenvalue weighted by Crippen LogP contribution is 2.02. The van der Waals surface area contributed by atoms with Crippen molar-refractivity contribution in [1.29, 1.82) is 5.26 Å². The molecule has 0 aromatic carbocycles. The Morgan fingerprint density at radius 1 is 1.38 bits per heavy atom. The Bertz CT molecular complexity index is 281. The van der Waals surface area contributed by atoms with Gasteiger partial charge in [-0.3, -0.25) is 9.59 Å². The van der Waals surface area contributed by atoms with Crippen LogP contribution in [0.25, 0.3) is 0 Å². The van der Waals surface area contributed by atoms with Crippen LogP contribution in [0.4, 0.5) is 0 Å². The zero-order valence-corrected chi connectivity index (χ0v) is 10.0. The Balaban J connectivity index is 4.33. The molecule has 1 unspecified atom stereocenters. The third-order valence-corrected chi connectivity index (χ3v) is 2.08.